The molecule has 1 aliphatic rings. The molecule has 1 aliphatic carbocycles. The maximum Gasteiger partial charge on any atom is 0.115 e. The van der Waals surface area contributed by atoms with Gasteiger partial charge in [0.05, 0.1) is 0 Å². The first-order chi connectivity index (χ1) is 11.7. The molecule has 2 unspecified atom stereocenters. The van der Waals surface area contributed by atoms with E-state index in [9.17, 15) is 10.2 Å². The van der Waals surface area contributed by atoms with E-state index in [1.54, 1.807) is 12.1 Å². The van der Waals surface area contributed by atoms with E-state index in [4.69, 9.17) is 0 Å². The van der Waals surface area contributed by atoms with E-state index in [1.807, 2.05) is 24.3 Å². The van der Waals surface area contributed by atoms with Crippen LogP contribution >= 0.6 is 0 Å². The van der Waals surface area contributed by atoms with Crippen molar-refractivity contribution < 1.29 is 10.2 Å². The van der Waals surface area contributed by atoms with Crippen molar-refractivity contribution in [2.45, 2.75) is 52.4 Å². The van der Waals surface area contributed by atoms with Crippen LogP contribution in [0.25, 0.3) is 0 Å². The van der Waals surface area contributed by atoms with E-state index < -0.39 is 0 Å². The Kier molecular flexibility index (Phi) is 4.57. The normalized spacial score (nSPS) is 23.4. The zero-order chi connectivity index (χ0) is 18.2. The summed E-state index contributed by atoms with van der Waals surface area (Å²) in [6.07, 6.45) is 3.55. The lowest BCUT2D eigenvalue weighted by molar-refractivity contribution is 0.0962. The summed E-state index contributed by atoms with van der Waals surface area (Å²) in [5.41, 5.74) is 2.29. The molecular formula is C23H30O2. The van der Waals surface area contributed by atoms with Crippen molar-refractivity contribution in [2.75, 3.05) is 0 Å². The number of phenolic OH excluding ortho intramolecular Hbond substituents is 2. The van der Waals surface area contributed by atoms with E-state index in [-0.39, 0.29) is 5.41 Å². The standard InChI is InChI=1S/C23H30O2/c1-16-11-19(15-22(2,3)14-16)23(4,17-7-5-9-20(24)12-17)18-8-6-10-21(25)13-18/h5-10,12-13,16,19,24-25H,11,14-15H2,1-4H3. The highest BCUT2D eigenvalue weighted by Crippen LogP contribution is 2.52. The first-order valence-electron chi connectivity index (χ1n) is 9.30. The Morgan fingerprint density at radius 3 is 1.88 bits per heavy atom. The van der Waals surface area contributed by atoms with Crippen molar-refractivity contribution in [3.05, 3.63) is 59.7 Å². The lowest BCUT2D eigenvalue weighted by Crippen LogP contribution is -2.41. The van der Waals surface area contributed by atoms with Gasteiger partial charge in [-0.25, -0.2) is 0 Å². The molecule has 2 aromatic rings. The van der Waals surface area contributed by atoms with Gasteiger partial charge in [0.2, 0.25) is 0 Å². The molecule has 3 rings (SSSR count). The summed E-state index contributed by atoms with van der Waals surface area (Å²) in [7, 11) is 0. The molecule has 2 N–H and O–H groups in total. The Hall–Kier alpha value is -1.96. The van der Waals surface area contributed by atoms with Gasteiger partial charge in [-0.05, 0) is 71.9 Å². The van der Waals surface area contributed by atoms with Crippen LogP contribution in [0.2, 0.25) is 0 Å². The number of aromatic hydroxyl groups is 2. The van der Waals surface area contributed by atoms with Gasteiger partial charge < -0.3 is 10.2 Å². The van der Waals surface area contributed by atoms with E-state index in [0.29, 0.717) is 28.7 Å². The molecule has 1 fully saturated rings. The molecule has 0 saturated heterocycles. The van der Waals surface area contributed by atoms with Crippen molar-refractivity contribution in [3.8, 4) is 11.5 Å². The number of hydrogen-bond acceptors (Lipinski definition) is 2. The lowest BCUT2D eigenvalue weighted by atomic mass is 9.56. The highest BCUT2D eigenvalue weighted by atomic mass is 16.3. The van der Waals surface area contributed by atoms with Gasteiger partial charge in [0, 0.05) is 5.41 Å². The van der Waals surface area contributed by atoms with Gasteiger partial charge in [-0.2, -0.15) is 0 Å². The van der Waals surface area contributed by atoms with Crippen molar-refractivity contribution in [1.29, 1.82) is 0 Å². The highest BCUT2D eigenvalue weighted by molar-refractivity contribution is 5.44. The quantitative estimate of drug-likeness (QED) is 0.735. The van der Waals surface area contributed by atoms with E-state index >= 15 is 0 Å². The predicted octanol–water partition coefficient (Wildman–Crippen LogP) is 5.87. The molecule has 2 nitrogen and oxygen atoms in total. The molecule has 134 valence electrons. The molecule has 2 atom stereocenters. The molecule has 0 aromatic heterocycles. The minimum Gasteiger partial charge on any atom is -0.508 e. The Bertz CT molecular complexity index is 702. The second-order valence-electron chi connectivity index (χ2n) is 8.91. The summed E-state index contributed by atoms with van der Waals surface area (Å²) < 4.78 is 0. The summed E-state index contributed by atoms with van der Waals surface area (Å²) in [5, 5.41) is 20.2. The molecule has 25 heavy (non-hydrogen) atoms. The average molecular weight is 338 g/mol. The summed E-state index contributed by atoms with van der Waals surface area (Å²) >= 11 is 0. The highest BCUT2D eigenvalue weighted by Gasteiger charge is 2.44. The van der Waals surface area contributed by atoms with Crippen LogP contribution in [0.1, 0.15) is 58.1 Å². The average Bonchev–Trinajstić information content (AvgIpc) is 2.52. The second kappa shape index (κ2) is 6.40. The number of hydrogen-bond donors (Lipinski definition) is 2. The van der Waals surface area contributed by atoms with Crippen molar-refractivity contribution in [2.24, 2.45) is 17.3 Å². The SMILES string of the molecule is CC1CC(C(C)(c2cccc(O)c2)c2cccc(O)c2)CC(C)(C)C1. The lowest BCUT2D eigenvalue weighted by Gasteiger charge is -2.48. The maximum absolute atomic E-state index is 10.1. The predicted molar refractivity (Wildman–Crippen MR) is 103 cm³/mol. The van der Waals surface area contributed by atoms with E-state index in [1.165, 1.54) is 6.42 Å². The Labute approximate surface area is 151 Å². The monoisotopic (exact) mass is 338 g/mol. The number of benzene rings is 2. The Balaban J connectivity index is 2.15. The molecule has 0 spiro atoms. The molecule has 2 heteroatoms. The molecule has 0 bridgehead atoms. The third-order valence-electron chi connectivity index (χ3n) is 6.10. The molecule has 0 amide bonds. The maximum atomic E-state index is 10.1. The van der Waals surface area contributed by atoms with Crippen molar-refractivity contribution >= 4 is 0 Å². The van der Waals surface area contributed by atoms with Gasteiger partial charge in [-0.1, -0.05) is 52.0 Å². The van der Waals surface area contributed by atoms with Crippen LogP contribution in [0.4, 0.5) is 0 Å². The fourth-order valence-corrected chi connectivity index (χ4v) is 5.08. The number of phenols is 2. The summed E-state index contributed by atoms with van der Waals surface area (Å²) in [6, 6.07) is 15.3. The van der Waals surface area contributed by atoms with Crippen molar-refractivity contribution in [3.63, 3.8) is 0 Å². The largest absolute Gasteiger partial charge is 0.508 e. The van der Waals surface area contributed by atoms with E-state index in [0.717, 1.165) is 24.0 Å². The second-order valence-corrected chi connectivity index (χ2v) is 8.91. The topological polar surface area (TPSA) is 40.5 Å². The van der Waals surface area contributed by atoms with E-state index in [2.05, 4.69) is 39.8 Å². The number of rotatable bonds is 3. The van der Waals surface area contributed by atoms with Gasteiger partial charge in [0.15, 0.2) is 0 Å². The molecule has 0 aliphatic heterocycles. The Morgan fingerprint density at radius 2 is 1.44 bits per heavy atom. The fourth-order valence-electron chi connectivity index (χ4n) is 5.08. The van der Waals surface area contributed by atoms with Crippen LogP contribution in [0.15, 0.2) is 48.5 Å². The minimum atomic E-state index is -0.247. The summed E-state index contributed by atoms with van der Waals surface area (Å²) in [5.74, 6) is 1.72. The molecule has 0 radical (unpaired) electrons. The minimum absolute atomic E-state index is 0.247. The zero-order valence-corrected chi connectivity index (χ0v) is 15.8. The van der Waals surface area contributed by atoms with Crippen LogP contribution < -0.4 is 0 Å². The molecule has 0 heterocycles. The van der Waals surface area contributed by atoms with Crippen LogP contribution in [0.3, 0.4) is 0 Å². The van der Waals surface area contributed by atoms with Gasteiger partial charge in [-0.3, -0.25) is 0 Å². The first kappa shape index (κ1) is 17.8. The van der Waals surface area contributed by atoms with Gasteiger partial charge in [0.1, 0.15) is 11.5 Å². The van der Waals surface area contributed by atoms with Crippen LogP contribution in [-0.4, -0.2) is 10.2 Å². The zero-order valence-electron chi connectivity index (χ0n) is 15.8. The van der Waals surface area contributed by atoms with Gasteiger partial charge in [-0.15, -0.1) is 0 Å². The van der Waals surface area contributed by atoms with Gasteiger partial charge in [0.25, 0.3) is 0 Å². The van der Waals surface area contributed by atoms with Crippen LogP contribution in [-0.2, 0) is 5.41 Å². The first-order valence-corrected chi connectivity index (χ1v) is 9.30. The Morgan fingerprint density at radius 1 is 0.920 bits per heavy atom. The summed E-state index contributed by atoms with van der Waals surface area (Å²) in [6.45, 7) is 9.34. The third kappa shape index (κ3) is 3.53. The van der Waals surface area contributed by atoms with Gasteiger partial charge >= 0.3 is 0 Å². The third-order valence-corrected chi connectivity index (χ3v) is 6.10. The molecule has 2 aromatic carbocycles. The van der Waals surface area contributed by atoms with Crippen molar-refractivity contribution in [1.82, 2.24) is 0 Å². The van der Waals surface area contributed by atoms with Crippen LogP contribution in [0.5, 0.6) is 11.5 Å². The molecule has 1 saturated carbocycles. The summed E-state index contributed by atoms with van der Waals surface area (Å²) in [4.78, 5) is 0. The van der Waals surface area contributed by atoms with Crippen LogP contribution in [0, 0.1) is 17.3 Å². The fraction of sp³-hybridized carbons (Fsp3) is 0.478. The molecular weight excluding hydrogens is 308 g/mol. The smallest absolute Gasteiger partial charge is 0.115 e.